The fourth-order valence-electron chi connectivity index (χ4n) is 0.712. The summed E-state index contributed by atoms with van der Waals surface area (Å²) in [5.41, 5.74) is 2.14. The van der Waals surface area contributed by atoms with E-state index < -0.39 is 0 Å². The van der Waals surface area contributed by atoms with Crippen LogP contribution >= 0.6 is 0 Å². The molecular formula is C11H17N. The Labute approximate surface area is 75.2 Å². The van der Waals surface area contributed by atoms with Gasteiger partial charge in [-0.05, 0) is 24.6 Å². The molecule has 0 saturated carbocycles. The van der Waals surface area contributed by atoms with Gasteiger partial charge in [0.25, 0.3) is 0 Å². The molecule has 0 unspecified atom stereocenters. The van der Waals surface area contributed by atoms with E-state index in [4.69, 9.17) is 0 Å². The Balaban J connectivity index is 0.000000354. The minimum Gasteiger partial charge on any atom is -0.257 e. The van der Waals surface area contributed by atoms with E-state index in [0.29, 0.717) is 0 Å². The third kappa shape index (κ3) is 3.91. The Morgan fingerprint density at radius 2 is 2.08 bits per heavy atom. The summed E-state index contributed by atoms with van der Waals surface area (Å²) in [6.07, 6.45) is 4.78. The third-order valence-electron chi connectivity index (χ3n) is 1.24. The molecule has 0 saturated heterocycles. The van der Waals surface area contributed by atoms with E-state index in [9.17, 15) is 0 Å². The van der Waals surface area contributed by atoms with E-state index in [1.165, 1.54) is 12.0 Å². The van der Waals surface area contributed by atoms with Crippen molar-refractivity contribution in [1.82, 2.24) is 4.98 Å². The summed E-state index contributed by atoms with van der Waals surface area (Å²) in [6.45, 7) is 9.90. The molecular weight excluding hydrogens is 146 g/mol. The Bertz CT molecular complexity index is 228. The van der Waals surface area contributed by atoms with Crippen molar-refractivity contribution in [3.05, 3.63) is 36.2 Å². The smallest absolute Gasteiger partial charge is 0.0652 e. The minimum atomic E-state index is 0.970. The van der Waals surface area contributed by atoms with Gasteiger partial charge in [0, 0.05) is 6.20 Å². The number of aryl methyl sites for hydroxylation is 1. The van der Waals surface area contributed by atoms with Crippen LogP contribution in [0.25, 0.3) is 6.08 Å². The predicted octanol–water partition coefficient (Wildman–Crippen LogP) is 3.45. The van der Waals surface area contributed by atoms with Crippen LogP contribution in [0.3, 0.4) is 0 Å². The van der Waals surface area contributed by atoms with Gasteiger partial charge in [0.1, 0.15) is 0 Å². The standard InChI is InChI=1S/C8H9N.C3H8/c1-3-8-7(2)5-4-6-9-8;1-3-2/h3-6H,1H2,2H3;3H2,1-2H3. The van der Waals surface area contributed by atoms with Gasteiger partial charge in [-0.25, -0.2) is 0 Å². The molecule has 1 rings (SSSR count). The van der Waals surface area contributed by atoms with Crippen LogP contribution in [0.5, 0.6) is 0 Å². The molecule has 0 aliphatic heterocycles. The summed E-state index contributed by atoms with van der Waals surface area (Å²) in [7, 11) is 0. The lowest BCUT2D eigenvalue weighted by atomic mass is 10.2. The molecule has 0 amide bonds. The summed E-state index contributed by atoms with van der Waals surface area (Å²) in [4.78, 5) is 4.08. The molecule has 0 aliphatic carbocycles. The van der Waals surface area contributed by atoms with Crippen molar-refractivity contribution in [2.75, 3.05) is 0 Å². The van der Waals surface area contributed by atoms with E-state index in [2.05, 4.69) is 25.4 Å². The first-order valence-corrected chi connectivity index (χ1v) is 4.30. The normalized spacial score (nSPS) is 8.25. The monoisotopic (exact) mass is 163 g/mol. The molecule has 1 aromatic rings. The summed E-state index contributed by atoms with van der Waals surface area (Å²) in [5, 5.41) is 0. The Morgan fingerprint density at radius 3 is 2.42 bits per heavy atom. The van der Waals surface area contributed by atoms with Gasteiger partial charge >= 0.3 is 0 Å². The van der Waals surface area contributed by atoms with Crippen molar-refractivity contribution in [3.8, 4) is 0 Å². The van der Waals surface area contributed by atoms with Crippen molar-refractivity contribution in [2.24, 2.45) is 0 Å². The average Bonchev–Trinajstić information content (AvgIpc) is 2.07. The first-order valence-electron chi connectivity index (χ1n) is 4.30. The number of hydrogen-bond donors (Lipinski definition) is 0. The van der Waals surface area contributed by atoms with Gasteiger partial charge in [0.15, 0.2) is 0 Å². The summed E-state index contributed by atoms with van der Waals surface area (Å²) in [5.74, 6) is 0. The highest BCUT2D eigenvalue weighted by Gasteiger charge is 1.88. The maximum Gasteiger partial charge on any atom is 0.0652 e. The van der Waals surface area contributed by atoms with Gasteiger partial charge in [-0.2, -0.15) is 0 Å². The molecule has 0 aliphatic rings. The van der Waals surface area contributed by atoms with Crippen LogP contribution in [-0.2, 0) is 0 Å². The van der Waals surface area contributed by atoms with Crippen LogP contribution in [0.2, 0.25) is 0 Å². The molecule has 1 aromatic heterocycles. The Morgan fingerprint density at radius 1 is 1.50 bits per heavy atom. The van der Waals surface area contributed by atoms with E-state index in [1.54, 1.807) is 12.3 Å². The molecule has 1 heterocycles. The van der Waals surface area contributed by atoms with Crippen molar-refractivity contribution in [3.63, 3.8) is 0 Å². The summed E-state index contributed by atoms with van der Waals surface area (Å²) in [6, 6.07) is 3.94. The van der Waals surface area contributed by atoms with Crippen molar-refractivity contribution in [2.45, 2.75) is 27.2 Å². The quantitative estimate of drug-likeness (QED) is 0.618. The van der Waals surface area contributed by atoms with Crippen molar-refractivity contribution < 1.29 is 0 Å². The van der Waals surface area contributed by atoms with Crippen LogP contribution in [0.1, 0.15) is 31.5 Å². The minimum absolute atomic E-state index is 0.970. The Hall–Kier alpha value is -1.11. The van der Waals surface area contributed by atoms with Crippen molar-refractivity contribution in [1.29, 1.82) is 0 Å². The van der Waals surface area contributed by atoms with Gasteiger partial charge in [-0.15, -0.1) is 0 Å². The van der Waals surface area contributed by atoms with Crippen LogP contribution in [0.4, 0.5) is 0 Å². The maximum atomic E-state index is 4.08. The zero-order chi connectivity index (χ0) is 9.40. The topological polar surface area (TPSA) is 12.9 Å². The predicted molar refractivity (Wildman–Crippen MR) is 55.0 cm³/mol. The van der Waals surface area contributed by atoms with Gasteiger partial charge in [0.2, 0.25) is 0 Å². The Kier molecular flexibility index (Phi) is 5.98. The molecule has 1 nitrogen and oxygen atoms in total. The molecule has 0 radical (unpaired) electrons. The summed E-state index contributed by atoms with van der Waals surface area (Å²) < 4.78 is 0. The third-order valence-corrected chi connectivity index (χ3v) is 1.24. The second-order valence-electron chi connectivity index (χ2n) is 2.62. The number of rotatable bonds is 1. The van der Waals surface area contributed by atoms with Crippen LogP contribution in [-0.4, -0.2) is 4.98 Å². The highest BCUT2D eigenvalue weighted by atomic mass is 14.7. The fourth-order valence-corrected chi connectivity index (χ4v) is 0.712. The molecule has 12 heavy (non-hydrogen) atoms. The number of hydrogen-bond acceptors (Lipinski definition) is 1. The largest absolute Gasteiger partial charge is 0.257 e. The van der Waals surface area contributed by atoms with Crippen LogP contribution in [0, 0.1) is 6.92 Å². The van der Waals surface area contributed by atoms with Gasteiger partial charge in [-0.1, -0.05) is 32.9 Å². The zero-order valence-electron chi connectivity index (χ0n) is 8.17. The fraction of sp³-hybridized carbons (Fsp3) is 0.364. The molecule has 66 valence electrons. The summed E-state index contributed by atoms with van der Waals surface area (Å²) >= 11 is 0. The molecule has 0 bridgehead atoms. The van der Waals surface area contributed by atoms with E-state index >= 15 is 0 Å². The van der Waals surface area contributed by atoms with Crippen LogP contribution in [0.15, 0.2) is 24.9 Å². The maximum absolute atomic E-state index is 4.08. The first-order chi connectivity index (χ1) is 5.76. The van der Waals surface area contributed by atoms with E-state index in [1.807, 2.05) is 19.1 Å². The molecule has 0 atom stereocenters. The molecule has 1 heteroatoms. The van der Waals surface area contributed by atoms with E-state index in [-0.39, 0.29) is 0 Å². The molecule has 0 spiro atoms. The van der Waals surface area contributed by atoms with E-state index in [0.717, 1.165) is 5.69 Å². The molecule has 0 N–H and O–H groups in total. The number of pyridine rings is 1. The molecule has 0 aromatic carbocycles. The van der Waals surface area contributed by atoms with Crippen molar-refractivity contribution >= 4 is 6.08 Å². The highest BCUT2D eigenvalue weighted by Crippen LogP contribution is 2.02. The zero-order valence-corrected chi connectivity index (χ0v) is 8.17. The lowest BCUT2D eigenvalue weighted by Crippen LogP contribution is -1.82. The SMILES string of the molecule is C=Cc1ncccc1C.CCC. The second kappa shape index (κ2) is 6.59. The van der Waals surface area contributed by atoms with Gasteiger partial charge in [0.05, 0.1) is 5.69 Å². The van der Waals surface area contributed by atoms with Crippen LogP contribution < -0.4 is 0 Å². The first kappa shape index (κ1) is 10.9. The average molecular weight is 163 g/mol. The lowest BCUT2D eigenvalue weighted by molar-refractivity contribution is 1.09. The van der Waals surface area contributed by atoms with Gasteiger partial charge < -0.3 is 0 Å². The second-order valence-corrected chi connectivity index (χ2v) is 2.62. The number of nitrogens with zero attached hydrogens (tertiary/aromatic N) is 1. The lowest BCUT2D eigenvalue weighted by Gasteiger charge is -1.94. The highest BCUT2D eigenvalue weighted by molar-refractivity contribution is 5.45. The van der Waals surface area contributed by atoms with Gasteiger partial charge in [-0.3, -0.25) is 4.98 Å². The molecule has 0 fully saturated rings. The number of aromatic nitrogens is 1.